The molecule has 0 fully saturated rings. The number of carbonyl (C=O) groups excluding carboxylic acids is 1. The first-order valence-corrected chi connectivity index (χ1v) is 9.29. The van der Waals surface area contributed by atoms with Crippen molar-refractivity contribution < 1.29 is 14.3 Å². The van der Waals surface area contributed by atoms with Crippen molar-refractivity contribution >= 4 is 40.5 Å². The lowest BCUT2D eigenvalue weighted by molar-refractivity contribution is 0.0522. The third-order valence-corrected chi connectivity index (χ3v) is 5.97. The summed E-state index contributed by atoms with van der Waals surface area (Å²) >= 11 is 13.9. The van der Waals surface area contributed by atoms with Crippen LogP contribution in [0.5, 0.6) is 5.75 Å². The van der Waals surface area contributed by atoms with Crippen molar-refractivity contribution in [2.75, 3.05) is 6.61 Å². The van der Waals surface area contributed by atoms with Gasteiger partial charge in [-0.2, -0.15) is 5.26 Å². The molecular weight excluding hydrogens is 395 g/mol. The molecule has 0 aliphatic carbocycles. The Bertz CT molecular complexity index is 976. The Balaban J connectivity index is 2.26. The second-order valence-corrected chi connectivity index (χ2v) is 7.56. The molecule has 0 radical (unpaired) electrons. The first kappa shape index (κ1) is 18.6. The van der Waals surface area contributed by atoms with E-state index in [0.717, 1.165) is 0 Å². The van der Waals surface area contributed by atoms with E-state index in [9.17, 15) is 10.1 Å². The highest BCUT2D eigenvalue weighted by Gasteiger charge is 2.38. The van der Waals surface area contributed by atoms with Gasteiger partial charge in [-0.25, -0.2) is 4.79 Å². The van der Waals surface area contributed by atoms with E-state index >= 15 is 0 Å². The molecule has 0 saturated carbocycles. The van der Waals surface area contributed by atoms with E-state index in [2.05, 4.69) is 6.07 Å². The van der Waals surface area contributed by atoms with E-state index < -0.39 is 11.9 Å². The van der Waals surface area contributed by atoms with Crippen LogP contribution in [-0.2, 0) is 4.74 Å². The van der Waals surface area contributed by atoms with E-state index in [-0.39, 0.29) is 18.1 Å². The van der Waals surface area contributed by atoms with Crippen molar-refractivity contribution in [2.45, 2.75) is 19.8 Å². The van der Waals surface area contributed by atoms with Crippen LogP contribution in [0.15, 0.2) is 29.7 Å². The molecule has 134 valence electrons. The highest BCUT2D eigenvalue weighted by atomic mass is 35.5. The predicted molar refractivity (Wildman–Crippen MR) is 101 cm³/mol. The number of nitrogens with zero attached hydrogens (tertiary/aromatic N) is 1. The Morgan fingerprint density at radius 1 is 1.46 bits per heavy atom. The Labute approximate surface area is 164 Å². The number of hydrogen-bond acceptors (Lipinski definition) is 6. The average molecular weight is 409 g/mol. The number of esters is 1. The minimum Gasteiger partial charge on any atom is -0.462 e. The molecular formula is C18H14Cl2N2O3S. The number of ether oxygens (including phenoxy) is 2. The fourth-order valence-corrected chi connectivity index (χ4v) is 4.50. The van der Waals surface area contributed by atoms with Gasteiger partial charge in [0.1, 0.15) is 17.2 Å². The van der Waals surface area contributed by atoms with Gasteiger partial charge in [-0.3, -0.25) is 0 Å². The first-order chi connectivity index (χ1) is 12.4. The summed E-state index contributed by atoms with van der Waals surface area (Å²) in [6, 6.07) is 7.28. The molecule has 0 bridgehead atoms. The number of thiophene rings is 1. The number of nitriles is 1. The molecule has 1 unspecified atom stereocenters. The summed E-state index contributed by atoms with van der Waals surface area (Å²) in [5.74, 6) is -0.818. The number of rotatable bonds is 3. The van der Waals surface area contributed by atoms with Crippen LogP contribution in [-0.4, -0.2) is 12.6 Å². The molecule has 1 aromatic heterocycles. The summed E-state index contributed by atoms with van der Waals surface area (Å²) in [6.07, 6.45) is 0. The van der Waals surface area contributed by atoms with Crippen molar-refractivity contribution in [3.05, 3.63) is 60.6 Å². The lowest BCUT2D eigenvalue weighted by Crippen LogP contribution is -2.21. The third-order valence-electron chi connectivity index (χ3n) is 3.99. The summed E-state index contributed by atoms with van der Waals surface area (Å²) in [4.78, 5) is 13.7. The van der Waals surface area contributed by atoms with Gasteiger partial charge in [0, 0.05) is 4.88 Å². The van der Waals surface area contributed by atoms with Crippen LogP contribution in [0.2, 0.25) is 10.0 Å². The van der Waals surface area contributed by atoms with Crippen LogP contribution in [0.25, 0.3) is 0 Å². The van der Waals surface area contributed by atoms with Gasteiger partial charge in [0.15, 0.2) is 5.75 Å². The summed E-state index contributed by atoms with van der Waals surface area (Å²) in [7, 11) is 0. The molecule has 0 spiro atoms. The maximum absolute atomic E-state index is 12.4. The zero-order chi connectivity index (χ0) is 19.0. The number of nitrogens with two attached hydrogens (primary N) is 1. The Kier molecular flexibility index (Phi) is 5.15. The number of hydrogen-bond donors (Lipinski definition) is 1. The molecule has 0 amide bonds. The van der Waals surface area contributed by atoms with Gasteiger partial charge in [-0.1, -0.05) is 35.3 Å². The van der Waals surface area contributed by atoms with E-state index in [4.69, 9.17) is 38.4 Å². The quantitative estimate of drug-likeness (QED) is 0.739. The average Bonchev–Trinajstić information content (AvgIpc) is 2.92. The third kappa shape index (κ3) is 2.92. The van der Waals surface area contributed by atoms with E-state index in [1.54, 1.807) is 32.0 Å². The number of carbonyl (C=O) groups is 1. The van der Waals surface area contributed by atoms with Crippen LogP contribution >= 0.6 is 34.5 Å². The smallest absolute Gasteiger partial charge is 0.343 e. The molecule has 1 aromatic carbocycles. The summed E-state index contributed by atoms with van der Waals surface area (Å²) < 4.78 is 10.8. The number of fused-ring (bicyclic) bond motifs is 1. The molecule has 1 aliphatic heterocycles. The molecule has 26 heavy (non-hydrogen) atoms. The SMILES string of the molecule is CCOC(=O)c1c(C)sc2c1OC(N)=C(C#N)C2c1cccc(Cl)c1Cl. The predicted octanol–water partition coefficient (Wildman–Crippen LogP) is 4.76. The fourth-order valence-electron chi connectivity index (χ4n) is 2.87. The van der Waals surface area contributed by atoms with Crippen molar-refractivity contribution in [1.29, 1.82) is 5.26 Å². The Morgan fingerprint density at radius 3 is 2.85 bits per heavy atom. The highest BCUT2D eigenvalue weighted by Crippen LogP contribution is 2.51. The second-order valence-electron chi connectivity index (χ2n) is 5.51. The van der Waals surface area contributed by atoms with Crippen molar-refractivity contribution in [3.8, 4) is 11.8 Å². The maximum atomic E-state index is 12.4. The van der Waals surface area contributed by atoms with Crippen LogP contribution in [0.1, 0.15) is 38.5 Å². The lowest BCUT2D eigenvalue weighted by atomic mass is 9.88. The molecule has 5 nitrogen and oxygen atoms in total. The Morgan fingerprint density at radius 2 is 2.19 bits per heavy atom. The molecule has 3 rings (SSSR count). The van der Waals surface area contributed by atoms with Gasteiger partial charge in [0.25, 0.3) is 0 Å². The molecule has 0 saturated heterocycles. The highest BCUT2D eigenvalue weighted by molar-refractivity contribution is 7.12. The topological polar surface area (TPSA) is 85.3 Å². The minimum atomic E-state index is -0.568. The van der Waals surface area contributed by atoms with Gasteiger partial charge >= 0.3 is 5.97 Å². The van der Waals surface area contributed by atoms with Gasteiger partial charge in [0.2, 0.25) is 5.88 Å². The molecule has 2 aromatic rings. The van der Waals surface area contributed by atoms with Crippen molar-refractivity contribution in [2.24, 2.45) is 5.73 Å². The van der Waals surface area contributed by atoms with E-state index in [1.807, 2.05) is 0 Å². The standard InChI is InChI=1S/C18H14Cl2N2O3S/c1-3-24-18(23)12-8(2)26-16-13(9-5-4-6-11(19)14(9)20)10(7-21)17(22)25-15(12)16/h4-6,13H,3,22H2,1-2H3. The van der Waals surface area contributed by atoms with Gasteiger partial charge < -0.3 is 15.2 Å². The zero-order valence-corrected chi connectivity index (χ0v) is 16.3. The number of halogens is 2. The zero-order valence-electron chi connectivity index (χ0n) is 13.9. The van der Waals surface area contributed by atoms with Crippen LogP contribution in [0.4, 0.5) is 0 Å². The first-order valence-electron chi connectivity index (χ1n) is 7.72. The summed E-state index contributed by atoms with van der Waals surface area (Å²) in [6.45, 7) is 3.75. The van der Waals surface area contributed by atoms with Crippen molar-refractivity contribution in [3.63, 3.8) is 0 Å². The van der Waals surface area contributed by atoms with Crippen LogP contribution < -0.4 is 10.5 Å². The summed E-state index contributed by atoms with van der Waals surface area (Å²) in [5, 5.41) is 10.3. The van der Waals surface area contributed by atoms with E-state index in [1.165, 1.54) is 11.3 Å². The molecule has 2 N–H and O–H groups in total. The van der Waals surface area contributed by atoms with Gasteiger partial charge in [-0.15, -0.1) is 11.3 Å². The number of allylic oxidation sites excluding steroid dienone is 1. The van der Waals surface area contributed by atoms with Crippen LogP contribution in [0, 0.1) is 18.3 Å². The minimum absolute atomic E-state index is 0.0654. The molecule has 8 heteroatoms. The summed E-state index contributed by atoms with van der Waals surface area (Å²) in [5.41, 5.74) is 7.14. The maximum Gasteiger partial charge on any atom is 0.343 e. The second kappa shape index (κ2) is 7.20. The monoisotopic (exact) mass is 408 g/mol. The number of benzene rings is 1. The normalized spacial score (nSPS) is 15.9. The molecule has 1 aliphatic rings. The molecule has 2 heterocycles. The Hall–Kier alpha value is -2.20. The fraction of sp³-hybridized carbons (Fsp3) is 0.222. The van der Waals surface area contributed by atoms with Gasteiger partial charge in [-0.05, 0) is 25.5 Å². The lowest BCUT2D eigenvalue weighted by Gasteiger charge is -2.25. The largest absolute Gasteiger partial charge is 0.462 e. The van der Waals surface area contributed by atoms with E-state index in [0.29, 0.717) is 36.7 Å². The molecule has 1 atom stereocenters. The van der Waals surface area contributed by atoms with Gasteiger partial charge in [0.05, 0.1) is 27.4 Å². The number of aryl methyl sites for hydroxylation is 1. The van der Waals surface area contributed by atoms with Crippen LogP contribution in [0.3, 0.4) is 0 Å². The van der Waals surface area contributed by atoms with Crippen molar-refractivity contribution in [1.82, 2.24) is 0 Å².